The topological polar surface area (TPSA) is 93.7 Å². The van der Waals surface area contributed by atoms with Gasteiger partial charge in [-0.1, -0.05) is 18.2 Å². The van der Waals surface area contributed by atoms with E-state index in [9.17, 15) is 13.2 Å². The van der Waals surface area contributed by atoms with Crippen LogP contribution in [0.5, 0.6) is 11.5 Å². The van der Waals surface area contributed by atoms with E-state index in [1.807, 2.05) is 19.1 Å². The summed E-state index contributed by atoms with van der Waals surface area (Å²) in [6.45, 7) is 2.06. The first-order valence-electron chi connectivity index (χ1n) is 7.92. The Labute approximate surface area is 153 Å². The van der Waals surface area contributed by atoms with Crippen LogP contribution in [0, 0.1) is 6.92 Å². The second-order valence-corrected chi connectivity index (χ2v) is 7.46. The molecule has 0 spiro atoms. The van der Waals surface area contributed by atoms with Crippen molar-refractivity contribution in [3.05, 3.63) is 53.6 Å². The van der Waals surface area contributed by atoms with Crippen molar-refractivity contribution in [1.29, 1.82) is 0 Å². The fourth-order valence-corrected chi connectivity index (χ4v) is 2.92. The molecule has 0 fully saturated rings. The average molecular weight is 378 g/mol. The summed E-state index contributed by atoms with van der Waals surface area (Å²) in [5.41, 5.74) is 1.81. The summed E-state index contributed by atoms with van der Waals surface area (Å²) in [6.07, 6.45) is 0. The highest BCUT2D eigenvalue weighted by Crippen LogP contribution is 2.27. The maximum absolute atomic E-state index is 11.9. The highest BCUT2D eigenvalue weighted by Gasteiger charge is 2.11. The zero-order chi connectivity index (χ0) is 19.2. The molecule has 0 saturated carbocycles. The van der Waals surface area contributed by atoms with Crippen molar-refractivity contribution >= 4 is 15.9 Å². The summed E-state index contributed by atoms with van der Waals surface area (Å²) in [5.74, 6) is 0.772. The van der Waals surface area contributed by atoms with Crippen LogP contribution in [0.25, 0.3) is 0 Å². The molecule has 8 heteroatoms. The number of hydrogen-bond acceptors (Lipinski definition) is 5. The third-order valence-electron chi connectivity index (χ3n) is 3.67. The molecule has 0 unspecified atom stereocenters. The van der Waals surface area contributed by atoms with Crippen molar-refractivity contribution in [2.24, 2.45) is 0 Å². The molecule has 7 nitrogen and oxygen atoms in total. The summed E-state index contributed by atoms with van der Waals surface area (Å²) < 4.78 is 36.3. The quantitative estimate of drug-likeness (QED) is 0.728. The Morgan fingerprint density at radius 2 is 1.77 bits per heavy atom. The number of rotatable bonds is 8. The van der Waals surface area contributed by atoms with Crippen LogP contribution < -0.4 is 19.5 Å². The van der Waals surface area contributed by atoms with Gasteiger partial charge in [0, 0.05) is 6.54 Å². The number of hydrogen-bond donors (Lipinski definition) is 2. The fraction of sp³-hybridized carbons (Fsp3) is 0.278. The van der Waals surface area contributed by atoms with Crippen LogP contribution in [-0.2, 0) is 21.4 Å². The van der Waals surface area contributed by atoms with Crippen LogP contribution in [0.2, 0.25) is 0 Å². The van der Waals surface area contributed by atoms with E-state index in [0.717, 1.165) is 11.1 Å². The molecular formula is C18H22N2O5S. The maximum atomic E-state index is 11.9. The van der Waals surface area contributed by atoms with Gasteiger partial charge in [-0.15, -0.1) is 0 Å². The third kappa shape index (κ3) is 5.21. The van der Waals surface area contributed by atoms with E-state index in [1.54, 1.807) is 25.3 Å². The molecule has 140 valence electrons. The minimum Gasteiger partial charge on any atom is -0.493 e. The SMILES string of the molecule is CNS(=O)(=O)c1ccc(CNC(=O)COc2ccc(C)cc2OC)cc1. The predicted molar refractivity (Wildman–Crippen MR) is 97.8 cm³/mol. The first-order chi connectivity index (χ1) is 12.4. The Morgan fingerprint density at radius 1 is 1.08 bits per heavy atom. The predicted octanol–water partition coefficient (Wildman–Crippen LogP) is 1.61. The van der Waals surface area contributed by atoms with E-state index < -0.39 is 10.0 Å². The largest absolute Gasteiger partial charge is 0.493 e. The maximum Gasteiger partial charge on any atom is 0.258 e. The minimum atomic E-state index is -3.46. The Bertz CT molecular complexity index is 864. The number of carbonyl (C=O) groups excluding carboxylic acids is 1. The van der Waals surface area contributed by atoms with Crippen LogP contribution in [-0.4, -0.2) is 35.1 Å². The lowest BCUT2D eigenvalue weighted by atomic mass is 10.2. The van der Waals surface area contributed by atoms with Crippen molar-refractivity contribution in [1.82, 2.24) is 10.0 Å². The van der Waals surface area contributed by atoms with Gasteiger partial charge in [0.2, 0.25) is 10.0 Å². The molecule has 0 bridgehead atoms. The minimum absolute atomic E-state index is 0.147. The van der Waals surface area contributed by atoms with Crippen LogP contribution >= 0.6 is 0 Å². The van der Waals surface area contributed by atoms with Gasteiger partial charge < -0.3 is 14.8 Å². The lowest BCUT2D eigenvalue weighted by Gasteiger charge is -2.11. The number of nitrogens with one attached hydrogen (secondary N) is 2. The van der Waals surface area contributed by atoms with E-state index >= 15 is 0 Å². The van der Waals surface area contributed by atoms with Crippen LogP contribution in [0.15, 0.2) is 47.4 Å². The molecule has 0 saturated heterocycles. The summed E-state index contributed by atoms with van der Waals surface area (Å²) in [7, 11) is -0.569. The molecule has 1 amide bonds. The van der Waals surface area contributed by atoms with Gasteiger partial charge in [-0.05, 0) is 49.4 Å². The number of aryl methyl sites for hydroxylation is 1. The molecule has 0 aliphatic rings. The van der Waals surface area contributed by atoms with Gasteiger partial charge in [0.25, 0.3) is 5.91 Å². The monoisotopic (exact) mass is 378 g/mol. The third-order valence-corrected chi connectivity index (χ3v) is 5.10. The number of carbonyl (C=O) groups is 1. The molecule has 0 aromatic heterocycles. The fourth-order valence-electron chi connectivity index (χ4n) is 2.19. The van der Waals surface area contributed by atoms with Crippen molar-refractivity contribution in [3.8, 4) is 11.5 Å². The normalized spacial score (nSPS) is 11.0. The van der Waals surface area contributed by atoms with Crippen LogP contribution in [0.1, 0.15) is 11.1 Å². The molecule has 0 aliphatic heterocycles. The molecule has 2 rings (SSSR count). The Hall–Kier alpha value is -2.58. The summed E-state index contributed by atoms with van der Waals surface area (Å²) in [5, 5.41) is 2.72. The number of amides is 1. The molecule has 2 N–H and O–H groups in total. The number of benzene rings is 2. The first-order valence-corrected chi connectivity index (χ1v) is 9.40. The van der Waals surface area contributed by atoms with E-state index in [0.29, 0.717) is 11.5 Å². The lowest BCUT2D eigenvalue weighted by molar-refractivity contribution is -0.123. The molecule has 0 heterocycles. The molecule has 0 aliphatic carbocycles. The summed E-state index contributed by atoms with van der Waals surface area (Å²) >= 11 is 0. The average Bonchev–Trinajstić information content (AvgIpc) is 2.65. The van der Waals surface area contributed by atoms with Crippen molar-refractivity contribution in [3.63, 3.8) is 0 Å². The molecule has 26 heavy (non-hydrogen) atoms. The van der Waals surface area contributed by atoms with Crippen molar-refractivity contribution < 1.29 is 22.7 Å². The van der Waals surface area contributed by atoms with Gasteiger partial charge in [0.05, 0.1) is 12.0 Å². The smallest absolute Gasteiger partial charge is 0.258 e. The molecule has 0 radical (unpaired) electrons. The zero-order valence-electron chi connectivity index (χ0n) is 14.9. The Balaban J connectivity index is 1.87. The number of sulfonamides is 1. The van der Waals surface area contributed by atoms with E-state index in [1.165, 1.54) is 19.2 Å². The second kappa shape index (κ2) is 8.68. The van der Waals surface area contributed by atoms with Gasteiger partial charge in [-0.25, -0.2) is 13.1 Å². The van der Waals surface area contributed by atoms with Gasteiger partial charge in [0.1, 0.15) is 0 Å². The second-order valence-electron chi connectivity index (χ2n) is 5.57. The van der Waals surface area contributed by atoms with E-state index in [2.05, 4.69) is 10.0 Å². The van der Waals surface area contributed by atoms with Gasteiger partial charge in [-0.3, -0.25) is 4.79 Å². The summed E-state index contributed by atoms with van der Waals surface area (Å²) in [6, 6.07) is 11.7. The first kappa shape index (κ1) is 19.7. The highest BCUT2D eigenvalue weighted by molar-refractivity contribution is 7.89. The number of ether oxygens (including phenoxy) is 2. The van der Waals surface area contributed by atoms with Gasteiger partial charge >= 0.3 is 0 Å². The Kier molecular flexibility index (Phi) is 6.59. The number of methoxy groups -OCH3 is 1. The van der Waals surface area contributed by atoms with Gasteiger partial charge in [0.15, 0.2) is 18.1 Å². The molecule has 2 aromatic rings. The summed E-state index contributed by atoms with van der Waals surface area (Å²) in [4.78, 5) is 12.1. The van der Waals surface area contributed by atoms with E-state index in [4.69, 9.17) is 9.47 Å². The van der Waals surface area contributed by atoms with Crippen molar-refractivity contribution in [2.45, 2.75) is 18.4 Å². The molecule has 2 aromatic carbocycles. The van der Waals surface area contributed by atoms with Crippen LogP contribution in [0.3, 0.4) is 0 Å². The van der Waals surface area contributed by atoms with Crippen molar-refractivity contribution in [2.75, 3.05) is 20.8 Å². The van der Waals surface area contributed by atoms with E-state index in [-0.39, 0.29) is 24.0 Å². The Morgan fingerprint density at radius 3 is 2.38 bits per heavy atom. The lowest BCUT2D eigenvalue weighted by Crippen LogP contribution is -2.28. The molecular weight excluding hydrogens is 356 g/mol. The molecule has 0 atom stereocenters. The van der Waals surface area contributed by atoms with Crippen LogP contribution in [0.4, 0.5) is 0 Å². The van der Waals surface area contributed by atoms with Gasteiger partial charge in [-0.2, -0.15) is 0 Å². The highest BCUT2D eigenvalue weighted by atomic mass is 32.2. The zero-order valence-corrected chi connectivity index (χ0v) is 15.7. The standard InChI is InChI=1S/C18H22N2O5S/c1-13-4-9-16(17(10-13)24-3)25-12-18(21)20-11-14-5-7-15(8-6-14)26(22,23)19-2/h4-10,19H,11-12H2,1-3H3,(H,20,21).